The first-order valence-electron chi connectivity index (χ1n) is 18.3. The van der Waals surface area contributed by atoms with Crippen molar-refractivity contribution in [1.29, 1.82) is 0 Å². The third-order valence-electron chi connectivity index (χ3n) is 10.5. The normalized spacial score (nSPS) is 17.7. The Labute approximate surface area is 319 Å². The van der Waals surface area contributed by atoms with Gasteiger partial charge in [-0.2, -0.15) is 0 Å². The quantitative estimate of drug-likeness (QED) is 0.157. The summed E-state index contributed by atoms with van der Waals surface area (Å²) in [5.41, 5.74) is 3.28. The second kappa shape index (κ2) is 16.9. The highest BCUT2D eigenvalue weighted by molar-refractivity contribution is 6.31. The monoisotopic (exact) mass is 757 g/mol. The number of piperidine rings is 1. The zero-order chi connectivity index (χ0) is 38.5. The molecule has 3 aliphatic rings. The fraction of sp³-hybridized carbons (Fsp3) is 0.390. The molecule has 6 rings (SSSR count). The zero-order valence-corrected chi connectivity index (χ0v) is 31.5. The number of carbonyl (C=O) groups is 5. The number of amides is 3. The Balaban J connectivity index is 1.27. The second-order valence-electron chi connectivity index (χ2n) is 14.1. The van der Waals surface area contributed by atoms with E-state index >= 15 is 4.39 Å². The molecule has 3 amide bonds. The Morgan fingerprint density at radius 3 is 2.31 bits per heavy atom. The van der Waals surface area contributed by atoms with E-state index in [1.165, 1.54) is 66.0 Å². The van der Waals surface area contributed by atoms with Gasteiger partial charge in [-0.25, -0.2) is 9.18 Å². The van der Waals surface area contributed by atoms with Crippen molar-refractivity contribution >= 4 is 58.5 Å². The fourth-order valence-corrected chi connectivity index (χ4v) is 7.74. The van der Waals surface area contributed by atoms with E-state index < -0.39 is 36.2 Å². The molecule has 3 heterocycles. The van der Waals surface area contributed by atoms with Crippen LogP contribution in [0.2, 0.25) is 5.02 Å². The maximum absolute atomic E-state index is 15.1. The van der Waals surface area contributed by atoms with Gasteiger partial charge >= 0.3 is 5.97 Å². The molecule has 1 atom stereocenters. The van der Waals surface area contributed by atoms with Gasteiger partial charge in [0.25, 0.3) is 11.8 Å². The van der Waals surface area contributed by atoms with Gasteiger partial charge in [0.2, 0.25) is 5.91 Å². The number of hydrogen-bond acceptors (Lipinski definition) is 8. The number of likely N-dealkylation sites (N-methyl/N-ethyl adjacent to an activating group) is 1. The van der Waals surface area contributed by atoms with Gasteiger partial charge < -0.3 is 29.7 Å². The number of benzene rings is 3. The summed E-state index contributed by atoms with van der Waals surface area (Å²) >= 11 is 6.02. The highest BCUT2D eigenvalue weighted by Crippen LogP contribution is 2.38. The van der Waals surface area contributed by atoms with E-state index in [1.807, 2.05) is 12.1 Å². The van der Waals surface area contributed by atoms with Crippen LogP contribution < -0.4 is 10.2 Å². The van der Waals surface area contributed by atoms with E-state index in [-0.39, 0.29) is 39.9 Å². The van der Waals surface area contributed by atoms with Gasteiger partial charge in [0, 0.05) is 68.3 Å². The Hall–Kier alpha value is -5.07. The molecular formula is C41H45ClFN5O6. The zero-order valence-electron chi connectivity index (χ0n) is 30.8. The summed E-state index contributed by atoms with van der Waals surface area (Å²) in [4.78, 5) is 72.7. The van der Waals surface area contributed by atoms with Gasteiger partial charge in [0.1, 0.15) is 11.9 Å². The first kappa shape index (κ1) is 38.6. The second-order valence-corrected chi connectivity index (χ2v) is 14.5. The van der Waals surface area contributed by atoms with E-state index in [1.54, 1.807) is 26.2 Å². The number of ketones is 1. The maximum atomic E-state index is 15.1. The Morgan fingerprint density at radius 2 is 1.65 bits per heavy atom. The van der Waals surface area contributed by atoms with Crippen molar-refractivity contribution in [3.05, 3.63) is 99.3 Å². The van der Waals surface area contributed by atoms with Crippen molar-refractivity contribution < 1.29 is 33.1 Å². The Morgan fingerprint density at radius 1 is 0.944 bits per heavy atom. The molecular weight excluding hydrogens is 713 g/mol. The van der Waals surface area contributed by atoms with Crippen LogP contribution in [0.3, 0.4) is 0 Å². The molecule has 1 unspecified atom stereocenters. The maximum Gasteiger partial charge on any atom is 0.338 e. The number of fused-ring (bicyclic) bond motifs is 1. The SMILES string of the molecule is CC(=O)c1ccc(Cl)c(F)c1/C=C/C(=O)N1CCc2c(cccc2N2CCC(N3CCCC3)CC2)C1C(=O)Nc1ccc(C(=O)OCC(=O)N(C)C)cc1. The molecule has 54 heavy (non-hydrogen) atoms. The highest BCUT2D eigenvalue weighted by Gasteiger charge is 2.37. The van der Waals surface area contributed by atoms with Crippen molar-refractivity contribution in [3.8, 4) is 0 Å². The van der Waals surface area contributed by atoms with Crippen LogP contribution in [-0.4, -0.2) is 104 Å². The number of hydrogen-bond donors (Lipinski definition) is 1. The number of likely N-dealkylation sites (tertiary alicyclic amines) is 1. The number of esters is 1. The Bertz CT molecular complexity index is 1950. The topological polar surface area (TPSA) is 120 Å². The van der Waals surface area contributed by atoms with Crippen LogP contribution in [0.5, 0.6) is 0 Å². The standard InChI is InChI=1S/C41H45ClFN5O6/c1-26(49)30-13-15-34(42)38(43)32(30)14-16-36(50)48-24-19-31-33(7-6-8-35(31)47-22-17-29(18-23-47)46-20-4-5-21-46)39(48)40(52)44-28-11-9-27(10-12-28)41(53)54-25-37(51)45(2)3/h6-16,29,39H,4-5,17-25H2,1-3H3,(H,44,52)/b16-14+. The molecule has 0 spiro atoms. The van der Waals surface area contributed by atoms with Gasteiger partial charge in [-0.3, -0.25) is 19.2 Å². The molecule has 1 N–H and O–H groups in total. The smallest absolute Gasteiger partial charge is 0.338 e. The molecule has 2 fully saturated rings. The summed E-state index contributed by atoms with van der Waals surface area (Å²) < 4.78 is 20.2. The van der Waals surface area contributed by atoms with E-state index in [2.05, 4.69) is 21.2 Å². The first-order chi connectivity index (χ1) is 25.9. The molecule has 0 aliphatic carbocycles. The number of carbonyl (C=O) groups excluding carboxylic acids is 5. The molecule has 0 aromatic heterocycles. The average Bonchev–Trinajstić information content (AvgIpc) is 3.72. The number of halogens is 2. The highest BCUT2D eigenvalue weighted by atomic mass is 35.5. The lowest BCUT2D eigenvalue weighted by atomic mass is 9.89. The molecule has 11 nitrogen and oxygen atoms in total. The molecule has 3 aromatic rings. The first-order valence-corrected chi connectivity index (χ1v) is 18.7. The van der Waals surface area contributed by atoms with Crippen LogP contribution in [0.1, 0.15) is 76.1 Å². The third-order valence-corrected chi connectivity index (χ3v) is 10.8. The molecule has 0 saturated carbocycles. The van der Waals surface area contributed by atoms with Crippen LogP contribution in [0.15, 0.2) is 60.7 Å². The van der Waals surface area contributed by atoms with Crippen molar-refractivity contribution in [2.75, 3.05) is 63.6 Å². The predicted molar refractivity (Wildman–Crippen MR) is 205 cm³/mol. The molecule has 3 aromatic carbocycles. The van der Waals surface area contributed by atoms with Crippen molar-refractivity contribution in [3.63, 3.8) is 0 Å². The summed E-state index contributed by atoms with van der Waals surface area (Å²) in [6, 6.07) is 14.1. The van der Waals surface area contributed by atoms with Gasteiger partial charge in [-0.15, -0.1) is 0 Å². The van der Waals surface area contributed by atoms with Gasteiger partial charge in [0.15, 0.2) is 12.4 Å². The van der Waals surface area contributed by atoms with Gasteiger partial charge in [-0.05, 0) is 112 Å². The Kier molecular flexibility index (Phi) is 12.1. The van der Waals surface area contributed by atoms with Crippen molar-refractivity contribution in [1.82, 2.24) is 14.7 Å². The number of ether oxygens (including phenoxy) is 1. The van der Waals surface area contributed by atoms with E-state index in [0.717, 1.165) is 50.3 Å². The minimum atomic E-state index is -1.05. The lowest BCUT2D eigenvalue weighted by molar-refractivity contribution is -0.135. The number of Topliss-reactive ketones (excluding diaryl/α,β-unsaturated/α-hetero) is 1. The lowest BCUT2D eigenvalue weighted by Gasteiger charge is -2.41. The van der Waals surface area contributed by atoms with Crippen molar-refractivity contribution in [2.24, 2.45) is 0 Å². The van der Waals surface area contributed by atoms with Crippen LogP contribution in [-0.2, 0) is 25.5 Å². The van der Waals surface area contributed by atoms with Crippen LogP contribution in [0.4, 0.5) is 15.8 Å². The summed E-state index contributed by atoms with van der Waals surface area (Å²) in [7, 11) is 3.12. The van der Waals surface area contributed by atoms with E-state index in [9.17, 15) is 24.0 Å². The lowest BCUT2D eigenvalue weighted by Crippen LogP contribution is -2.46. The summed E-state index contributed by atoms with van der Waals surface area (Å²) in [6.07, 6.45) is 7.51. The van der Waals surface area contributed by atoms with E-state index in [4.69, 9.17) is 16.3 Å². The summed E-state index contributed by atoms with van der Waals surface area (Å²) in [5.74, 6) is -3.28. The van der Waals surface area contributed by atoms with Gasteiger partial charge in [-0.1, -0.05) is 23.7 Å². The number of nitrogens with zero attached hydrogens (tertiary/aromatic N) is 4. The molecule has 2 saturated heterocycles. The van der Waals surface area contributed by atoms with Crippen LogP contribution >= 0.6 is 11.6 Å². The largest absolute Gasteiger partial charge is 0.452 e. The minimum Gasteiger partial charge on any atom is -0.452 e. The van der Waals surface area contributed by atoms with Crippen LogP contribution in [0.25, 0.3) is 6.08 Å². The molecule has 13 heteroatoms. The molecule has 0 bridgehead atoms. The third kappa shape index (κ3) is 8.50. The number of rotatable bonds is 10. The van der Waals surface area contributed by atoms with Crippen molar-refractivity contribution in [2.45, 2.75) is 51.1 Å². The summed E-state index contributed by atoms with van der Waals surface area (Å²) in [6.45, 7) is 5.21. The molecule has 284 valence electrons. The van der Waals surface area contributed by atoms with Gasteiger partial charge in [0.05, 0.1) is 10.6 Å². The molecule has 3 aliphatic heterocycles. The average molecular weight is 758 g/mol. The minimum absolute atomic E-state index is 0.0778. The summed E-state index contributed by atoms with van der Waals surface area (Å²) in [5, 5.41) is 2.72. The molecule has 0 radical (unpaired) electrons. The number of anilines is 2. The fourth-order valence-electron chi connectivity index (χ4n) is 7.57. The van der Waals surface area contributed by atoms with E-state index in [0.29, 0.717) is 23.7 Å². The number of nitrogens with one attached hydrogen (secondary N) is 1. The predicted octanol–water partition coefficient (Wildman–Crippen LogP) is 5.77. The van der Waals surface area contributed by atoms with Crippen LogP contribution in [0, 0.1) is 5.82 Å².